The van der Waals surface area contributed by atoms with Gasteiger partial charge in [-0.25, -0.2) is 0 Å². The summed E-state index contributed by atoms with van der Waals surface area (Å²) in [5.41, 5.74) is 13.6. The van der Waals surface area contributed by atoms with Crippen LogP contribution in [0.2, 0.25) is 0 Å². The summed E-state index contributed by atoms with van der Waals surface area (Å²) < 4.78 is 0. The molecule has 1 aromatic carbocycles. The van der Waals surface area contributed by atoms with Crippen LogP contribution in [-0.2, 0) is 4.79 Å². The van der Waals surface area contributed by atoms with Crippen LogP contribution in [0.5, 0.6) is 0 Å². The van der Waals surface area contributed by atoms with E-state index in [2.05, 4.69) is 17.4 Å². The van der Waals surface area contributed by atoms with Gasteiger partial charge in [-0.2, -0.15) is 0 Å². The average Bonchev–Trinajstić information content (AvgIpc) is 2.57. The Hall–Kier alpha value is -1.39. The lowest BCUT2D eigenvalue weighted by Crippen LogP contribution is -2.25. The Morgan fingerprint density at radius 3 is 2.75 bits per heavy atom. The topological polar surface area (TPSA) is 81.1 Å². The third-order valence-corrected chi connectivity index (χ3v) is 3.02. The summed E-state index contributed by atoms with van der Waals surface area (Å²) >= 11 is 0. The highest BCUT2D eigenvalue weighted by Gasteiger charge is 2.27. The third kappa shape index (κ3) is 2.23. The van der Waals surface area contributed by atoms with Gasteiger partial charge in [-0.05, 0) is 17.5 Å². The molecule has 5 N–H and O–H groups in total. The minimum absolute atomic E-state index is 0.0993. The van der Waals surface area contributed by atoms with Crippen molar-refractivity contribution in [2.45, 2.75) is 24.9 Å². The maximum Gasteiger partial charge on any atom is 0.218 e. The van der Waals surface area contributed by atoms with Gasteiger partial charge >= 0.3 is 0 Å². The van der Waals surface area contributed by atoms with Crippen molar-refractivity contribution in [1.29, 1.82) is 0 Å². The molecule has 1 aromatic rings. The van der Waals surface area contributed by atoms with Crippen LogP contribution in [0.1, 0.15) is 36.1 Å². The standard InChI is InChI=1S/C12H17N3O/c13-10-7-11(15-6-5-12(14)16)9-4-2-1-3-8(9)10/h1-4,10-11,15H,5-7,13H2,(H2,14,16). The highest BCUT2D eigenvalue weighted by atomic mass is 16.1. The molecule has 1 amide bonds. The molecule has 86 valence electrons. The van der Waals surface area contributed by atoms with Gasteiger partial charge in [-0.3, -0.25) is 4.79 Å². The van der Waals surface area contributed by atoms with Gasteiger partial charge in [0.05, 0.1) is 0 Å². The van der Waals surface area contributed by atoms with E-state index in [1.54, 1.807) is 0 Å². The number of primary amides is 1. The van der Waals surface area contributed by atoms with Crippen LogP contribution in [0.3, 0.4) is 0 Å². The van der Waals surface area contributed by atoms with Gasteiger partial charge in [0.2, 0.25) is 5.91 Å². The predicted octanol–water partition coefficient (Wildman–Crippen LogP) is 0.596. The Labute approximate surface area is 95.0 Å². The van der Waals surface area contributed by atoms with Crippen molar-refractivity contribution >= 4 is 5.91 Å². The Bertz CT molecular complexity index is 392. The molecule has 0 aromatic heterocycles. The number of hydrogen-bond donors (Lipinski definition) is 3. The lowest BCUT2D eigenvalue weighted by molar-refractivity contribution is -0.117. The van der Waals surface area contributed by atoms with Crippen molar-refractivity contribution in [2.75, 3.05) is 6.54 Å². The first kappa shape index (κ1) is 11.1. The zero-order valence-corrected chi connectivity index (χ0v) is 9.15. The fourth-order valence-corrected chi connectivity index (χ4v) is 2.24. The van der Waals surface area contributed by atoms with Gasteiger partial charge < -0.3 is 16.8 Å². The van der Waals surface area contributed by atoms with E-state index in [1.807, 2.05) is 12.1 Å². The van der Waals surface area contributed by atoms with Crippen molar-refractivity contribution in [3.05, 3.63) is 35.4 Å². The van der Waals surface area contributed by atoms with Gasteiger partial charge in [0.1, 0.15) is 0 Å². The maximum atomic E-state index is 10.6. The second-order valence-corrected chi connectivity index (χ2v) is 4.19. The summed E-state index contributed by atoms with van der Waals surface area (Å²) in [4.78, 5) is 10.6. The van der Waals surface area contributed by atoms with Crippen LogP contribution >= 0.6 is 0 Å². The maximum absolute atomic E-state index is 10.6. The smallest absolute Gasteiger partial charge is 0.218 e. The molecule has 1 aliphatic carbocycles. The molecule has 0 fully saturated rings. The lowest BCUT2D eigenvalue weighted by Gasteiger charge is -2.12. The van der Waals surface area contributed by atoms with E-state index in [0.29, 0.717) is 13.0 Å². The summed E-state index contributed by atoms with van der Waals surface area (Å²) in [5, 5.41) is 3.32. The molecule has 2 atom stereocenters. The Balaban J connectivity index is 2.01. The molecule has 0 aliphatic heterocycles. The monoisotopic (exact) mass is 219 g/mol. The minimum atomic E-state index is -0.275. The zero-order valence-electron chi connectivity index (χ0n) is 9.15. The van der Waals surface area contributed by atoms with Gasteiger partial charge in [0.15, 0.2) is 0 Å². The van der Waals surface area contributed by atoms with Crippen LogP contribution in [0, 0.1) is 0 Å². The van der Waals surface area contributed by atoms with Crippen molar-refractivity contribution in [3.8, 4) is 0 Å². The second-order valence-electron chi connectivity index (χ2n) is 4.19. The molecule has 0 saturated heterocycles. The first-order chi connectivity index (χ1) is 7.68. The van der Waals surface area contributed by atoms with E-state index in [1.165, 1.54) is 11.1 Å². The molecule has 0 radical (unpaired) electrons. The number of hydrogen-bond acceptors (Lipinski definition) is 3. The first-order valence-electron chi connectivity index (χ1n) is 5.54. The minimum Gasteiger partial charge on any atom is -0.370 e. The third-order valence-electron chi connectivity index (χ3n) is 3.02. The van der Waals surface area contributed by atoms with Gasteiger partial charge in [0.25, 0.3) is 0 Å². The van der Waals surface area contributed by atoms with Crippen molar-refractivity contribution < 1.29 is 4.79 Å². The fraction of sp³-hybridized carbons (Fsp3) is 0.417. The second kappa shape index (κ2) is 4.63. The molecule has 2 unspecified atom stereocenters. The highest BCUT2D eigenvalue weighted by Crippen LogP contribution is 2.36. The summed E-state index contributed by atoms with van der Waals surface area (Å²) in [6, 6.07) is 8.53. The molecule has 16 heavy (non-hydrogen) atoms. The van der Waals surface area contributed by atoms with Crippen molar-refractivity contribution in [1.82, 2.24) is 5.32 Å². The van der Waals surface area contributed by atoms with Crippen LogP contribution in [0.25, 0.3) is 0 Å². The lowest BCUT2D eigenvalue weighted by atomic mass is 10.1. The number of benzene rings is 1. The van der Waals surface area contributed by atoms with E-state index < -0.39 is 0 Å². The summed E-state index contributed by atoms with van der Waals surface area (Å²) in [6.45, 7) is 0.612. The number of rotatable bonds is 4. The van der Waals surface area contributed by atoms with E-state index in [-0.39, 0.29) is 18.0 Å². The van der Waals surface area contributed by atoms with E-state index in [9.17, 15) is 4.79 Å². The van der Waals surface area contributed by atoms with Gasteiger partial charge in [0, 0.05) is 25.0 Å². The molecule has 0 bridgehead atoms. The molecule has 4 nitrogen and oxygen atoms in total. The number of carbonyl (C=O) groups is 1. The Kier molecular flexibility index (Phi) is 3.22. The van der Waals surface area contributed by atoms with Gasteiger partial charge in [-0.15, -0.1) is 0 Å². The molecular weight excluding hydrogens is 202 g/mol. The van der Waals surface area contributed by atoms with Crippen molar-refractivity contribution in [3.63, 3.8) is 0 Å². The Morgan fingerprint density at radius 1 is 1.38 bits per heavy atom. The Morgan fingerprint density at radius 2 is 2.06 bits per heavy atom. The number of carbonyl (C=O) groups excluding carboxylic acids is 1. The predicted molar refractivity (Wildman–Crippen MR) is 62.5 cm³/mol. The molecule has 4 heteroatoms. The van der Waals surface area contributed by atoms with Crippen molar-refractivity contribution in [2.24, 2.45) is 11.5 Å². The normalized spacial score (nSPS) is 23.1. The van der Waals surface area contributed by atoms with E-state index in [0.717, 1.165) is 6.42 Å². The summed E-state index contributed by atoms with van der Waals surface area (Å²) in [7, 11) is 0. The number of amides is 1. The average molecular weight is 219 g/mol. The number of nitrogens with one attached hydrogen (secondary N) is 1. The van der Waals surface area contributed by atoms with Crippen LogP contribution in [0.4, 0.5) is 0 Å². The van der Waals surface area contributed by atoms with E-state index >= 15 is 0 Å². The molecule has 2 rings (SSSR count). The quantitative estimate of drug-likeness (QED) is 0.693. The molecule has 0 saturated carbocycles. The molecule has 1 aliphatic rings. The molecule has 0 spiro atoms. The fourth-order valence-electron chi connectivity index (χ4n) is 2.24. The van der Waals surface area contributed by atoms with Crippen LogP contribution in [-0.4, -0.2) is 12.5 Å². The summed E-state index contributed by atoms with van der Waals surface area (Å²) in [6.07, 6.45) is 1.26. The largest absolute Gasteiger partial charge is 0.370 e. The molecule has 0 heterocycles. The van der Waals surface area contributed by atoms with Crippen LogP contribution in [0.15, 0.2) is 24.3 Å². The van der Waals surface area contributed by atoms with Crippen LogP contribution < -0.4 is 16.8 Å². The number of fused-ring (bicyclic) bond motifs is 1. The first-order valence-corrected chi connectivity index (χ1v) is 5.54. The SMILES string of the molecule is NC(=O)CCNC1CC(N)c2ccccc21. The molecular formula is C12H17N3O. The highest BCUT2D eigenvalue weighted by molar-refractivity contribution is 5.73. The summed E-state index contributed by atoms with van der Waals surface area (Å²) in [5.74, 6) is -0.275. The van der Waals surface area contributed by atoms with Gasteiger partial charge in [-0.1, -0.05) is 24.3 Å². The zero-order chi connectivity index (χ0) is 11.5. The number of nitrogens with two attached hydrogens (primary N) is 2. The van der Waals surface area contributed by atoms with E-state index in [4.69, 9.17) is 11.5 Å².